The van der Waals surface area contributed by atoms with Crippen LogP contribution >= 0.6 is 11.6 Å². The first kappa shape index (κ1) is 30.8. The molecule has 0 aromatic heterocycles. The number of halogens is 1. The van der Waals surface area contributed by atoms with Gasteiger partial charge >= 0.3 is 0 Å². The normalized spacial score (nSPS) is 11.8. The molecule has 1 atom stereocenters. The SMILES string of the molecule is CCNC(=O)[C@H](Cc1ccccc1)N(Cc1cccc(Cl)c1)C(=O)CN(c1ccc(OC)c(OC)c1)S(C)(=O)=O. The fourth-order valence-corrected chi connectivity index (χ4v) is 5.33. The highest BCUT2D eigenvalue weighted by atomic mass is 35.5. The second-order valence-corrected chi connectivity index (χ2v) is 11.4. The Morgan fingerprint density at radius 1 is 0.925 bits per heavy atom. The number of methoxy groups -OCH3 is 2. The number of ether oxygens (including phenoxy) is 2. The molecule has 40 heavy (non-hydrogen) atoms. The quantitative estimate of drug-likeness (QED) is 0.325. The number of nitrogens with one attached hydrogen (secondary N) is 1. The van der Waals surface area contributed by atoms with Crippen molar-refractivity contribution in [3.05, 3.63) is 88.9 Å². The smallest absolute Gasteiger partial charge is 0.244 e. The predicted octanol–water partition coefficient (Wildman–Crippen LogP) is 3.90. The van der Waals surface area contributed by atoms with Crippen LogP contribution in [0, 0.1) is 0 Å². The molecule has 0 bridgehead atoms. The van der Waals surface area contributed by atoms with E-state index in [9.17, 15) is 18.0 Å². The van der Waals surface area contributed by atoms with Crippen LogP contribution in [-0.2, 0) is 32.6 Å². The zero-order chi connectivity index (χ0) is 29.3. The molecule has 3 rings (SSSR count). The van der Waals surface area contributed by atoms with Gasteiger partial charge in [-0.05, 0) is 42.3 Å². The molecule has 0 aliphatic heterocycles. The van der Waals surface area contributed by atoms with E-state index in [4.69, 9.17) is 21.1 Å². The monoisotopic (exact) mass is 587 g/mol. The first-order valence-corrected chi connectivity index (χ1v) is 14.8. The highest BCUT2D eigenvalue weighted by molar-refractivity contribution is 7.92. The molecule has 214 valence electrons. The molecule has 0 saturated heterocycles. The van der Waals surface area contributed by atoms with Crippen LogP contribution in [0.1, 0.15) is 18.1 Å². The molecule has 0 unspecified atom stereocenters. The number of hydrogen-bond donors (Lipinski definition) is 1. The second kappa shape index (κ2) is 14.0. The third kappa shape index (κ3) is 8.12. The molecule has 9 nitrogen and oxygen atoms in total. The summed E-state index contributed by atoms with van der Waals surface area (Å²) in [6, 6.07) is 20.0. The molecule has 0 radical (unpaired) electrons. The molecule has 3 aromatic carbocycles. The molecule has 0 aliphatic rings. The van der Waals surface area contributed by atoms with Gasteiger partial charge in [-0.1, -0.05) is 54.1 Å². The number of carbonyl (C=O) groups is 2. The van der Waals surface area contributed by atoms with Gasteiger partial charge in [0.2, 0.25) is 21.8 Å². The van der Waals surface area contributed by atoms with E-state index in [1.807, 2.05) is 30.3 Å². The number of hydrogen-bond acceptors (Lipinski definition) is 6. The van der Waals surface area contributed by atoms with Gasteiger partial charge in [0.15, 0.2) is 11.5 Å². The van der Waals surface area contributed by atoms with Gasteiger partial charge in [0.1, 0.15) is 12.6 Å². The average molecular weight is 588 g/mol. The van der Waals surface area contributed by atoms with E-state index in [0.29, 0.717) is 28.6 Å². The molecular weight excluding hydrogens is 554 g/mol. The van der Waals surface area contributed by atoms with Gasteiger partial charge in [0, 0.05) is 30.6 Å². The molecule has 0 fully saturated rings. The van der Waals surface area contributed by atoms with Crippen LogP contribution in [-0.4, -0.2) is 64.7 Å². The molecule has 0 saturated carbocycles. The van der Waals surface area contributed by atoms with Gasteiger partial charge in [-0.25, -0.2) is 8.42 Å². The van der Waals surface area contributed by atoms with E-state index in [0.717, 1.165) is 16.1 Å². The number of sulfonamides is 1. The predicted molar refractivity (Wildman–Crippen MR) is 156 cm³/mol. The van der Waals surface area contributed by atoms with E-state index in [1.165, 1.54) is 31.3 Å². The Morgan fingerprint density at radius 3 is 2.20 bits per heavy atom. The van der Waals surface area contributed by atoms with Crippen LogP contribution in [0.25, 0.3) is 0 Å². The summed E-state index contributed by atoms with van der Waals surface area (Å²) < 4.78 is 37.5. The summed E-state index contributed by atoms with van der Waals surface area (Å²) in [6.45, 7) is 1.66. The maximum atomic E-state index is 14.0. The highest BCUT2D eigenvalue weighted by Gasteiger charge is 2.33. The van der Waals surface area contributed by atoms with Crippen molar-refractivity contribution < 1.29 is 27.5 Å². The van der Waals surface area contributed by atoms with Gasteiger partial charge < -0.3 is 19.7 Å². The van der Waals surface area contributed by atoms with E-state index in [1.54, 1.807) is 37.3 Å². The third-order valence-electron chi connectivity index (χ3n) is 6.20. The Balaban J connectivity index is 2.06. The molecule has 11 heteroatoms. The summed E-state index contributed by atoms with van der Waals surface area (Å²) in [5.41, 5.74) is 1.76. The van der Waals surface area contributed by atoms with Crippen molar-refractivity contribution in [3.8, 4) is 11.5 Å². The zero-order valence-corrected chi connectivity index (χ0v) is 24.5. The van der Waals surface area contributed by atoms with Crippen LogP contribution in [0.4, 0.5) is 5.69 Å². The van der Waals surface area contributed by atoms with Crippen LogP contribution in [0.5, 0.6) is 11.5 Å². The molecule has 3 aromatic rings. The first-order chi connectivity index (χ1) is 19.1. The number of nitrogens with zero attached hydrogens (tertiary/aromatic N) is 2. The van der Waals surface area contributed by atoms with Crippen LogP contribution in [0.3, 0.4) is 0 Å². The number of amides is 2. The summed E-state index contributed by atoms with van der Waals surface area (Å²) in [6.07, 6.45) is 1.25. The Labute approximate surface area is 240 Å². The lowest BCUT2D eigenvalue weighted by molar-refractivity contribution is -0.140. The number of carbonyl (C=O) groups excluding carboxylic acids is 2. The van der Waals surface area contributed by atoms with Crippen molar-refractivity contribution in [1.29, 1.82) is 0 Å². The van der Waals surface area contributed by atoms with Crippen molar-refractivity contribution in [3.63, 3.8) is 0 Å². The molecular formula is C29H34ClN3O6S. The number of likely N-dealkylation sites (N-methyl/N-ethyl adjacent to an activating group) is 1. The van der Waals surface area contributed by atoms with Crippen molar-refractivity contribution in [2.24, 2.45) is 0 Å². The summed E-state index contributed by atoms with van der Waals surface area (Å²) in [5, 5.41) is 3.30. The van der Waals surface area contributed by atoms with Gasteiger partial charge in [-0.3, -0.25) is 13.9 Å². The average Bonchev–Trinajstić information content (AvgIpc) is 2.93. The molecule has 2 amide bonds. The van der Waals surface area contributed by atoms with Gasteiger partial charge in [-0.15, -0.1) is 0 Å². The van der Waals surface area contributed by atoms with Crippen molar-refractivity contribution in [1.82, 2.24) is 10.2 Å². The molecule has 0 aliphatic carbocycles. The number of rotatable bonds is 13. The minimum Gasteiger partial charge on any atom is -0.493 e. The fraction of sp³-hybridized carbons (Fsp3) is 0.310. The highest BCUT2D eigenvalue weighted by Crippen LogP contribution is 2.32. The Bertz CT molecular complexity index is 1420. The van der Waals surface area contributed by atoms with Crippen LogP contribution < -0.4 is 19.1 Å². The van der Waals surface area contributed by atoms with E-state index in [-0.39, 0.29) is 24.6 Å². The molecule has 1 N–H and O–H groups in total. The Morgan fingerprint density at radius 2 is 1.60 bits per heavy atom. The summed E-state index contributed by atoms with van der Waals surface area (Å²) >= 11 is 6.21. The minimum atomic E-state index is -3.92. The van der Waals surface area contributed by atoms with Crippen molar-refractivity contribution >= 4 is 39.1 Å². The minimum absolute atomic E-state index is 0.0392. The summed E-state index contributed by atoms with van der Waals surface area (Å²) in [7, 11) is -1.01. The topological polar surface area (TPSA) is 105 Å². The summed E-state index contributed by atoms with van der Waals surface area (Å²) in [4.78, 5) is 28.8. The lowest BCUT2D eigenvalue weighted by atomic mass is 10.0. The van der Waals surface area contributed by atoms with E-state index >= 15 is 0 Å². The maximum Gasteiger partial charge on any atom is 0.244 e. The Kier molecular flexibility index (Phi) is 10.8. The lowest BCUT2D eigenvalue weighted by Crippen LogP contribution is -2.53. The zero-order valence-electron chi connectivity index (χ0n) is 23.0. The lowest BCUT2D eigenvalue weighted by Gasteiger charge is -2.33. The number of benzene rings is 3. The molecule has 0 spiro atoms. The fourth-order valence-electron chi connectivity index (χ4n) is 4.27. The van der Waals surface area contributed by atoms with E-state index in [2.05, 4.69) is 5.32 Å². The van der Waals surface area contributed by atoms with Crippen LogP contribution in [0.15, 0.2) is 72.8 Å². The third-order valence-corrected chi connectivity index (χ3v) is 7.57. The van der Waals surface area contributed by atoms with E-state index < -0.39 is 28.5 Å². The number of anilines is 1. The Hall–Kier alpha value is -3.76. The first-order valence-electron chi connectivity index (χ1n) is 12.6. The van der Waals surface area contributed by atoms with Gasteiger partial charge in [0.05, 0.1) is 26.2 Å². The largest absolute Gasteiger partial charge is 0.493 e. The summed E-state index contributed by atoms with van der Waals surface area (Å²) in [5.74, 6) is -0.194. The van der Waals surface area contributed by atoms with Crippen LogP contribution in [0.2, 0.25) is 5.02 Å². The van der Waals surface area contributed by atoms with Crippen molar-refractivity contribution in [2.75, 3.05) is 37.9 Å². The van der Waals surface area contributed by atoms with Gasteiger partial charge in [0.25, 0.3) is 0 Å². The van der Waals surface area contributed by atoms with Crippen molar-refractivity contribution in [2.45, 2.75) is 25.9 Å². The molecule has 0 heterocycles. The van der Waals surface area contributed by atoms with Gasteiger partial charge in [-0.2, -0.15) is 0 Å². The maximum absolute atomic E-state index is 14.0. The second-order valence-electron chi connectivity index (χ2n) is 9.06. The standard InChI is InChI=1S/C29H34ClN3O6S/c1-5-31-29(35)25(17-21-10-7-6-8-11-21)32(19-22-12-9-13-23(30)16-22)28(34)20-33(40(4,36)37)24-14-15-26(38-2)27(18-24)39-3/h6-16,18,25H,5,17,19-20H2,1-4H3,(H,31,35)/t25-/m0/s1.